The number of hydrogen-bond donors (Lipinski definition) is 1. The Labute approximate surface area is 190 Å². The summed E-state index contributed by atoms with van der Waals surface area (Å²) in [4.78, 5) is 24.9. The van der Waals surface area contributed by atoms with Crippen LogP contribution in [0.15, 0.2) is 65.6 Å². The number of carbonyl (C=O) groups is 2. The van der Waals surface area contributed by atoms with Crippen LogP contribution in [-0.4, -0.2) is 33.4 Å². The van der Waals surface area contributed by atoms with Gasteiger partial charge in [-0.05, 0) is 67.8 Å². The van der Waals surface area contributed by atoms with E-state index in [0.717, 1.165) is 29.7 Å². The lowest BCUT2D eigenvalue weighted by atomic mass is 10.0. The second-order valence-corrected chi connectivity index (χ2v) is 10.1. The van der Waals surface area contributed by atoms with Crippen LogP contribution in [0, 0.1) is 0 Å². The third-order valence-corrected chi connectivity index (χ3v) is 7.90. The van der Waals surface area contributed by atoms with Crippen LogP contribution in [0.25, 0.3) is 0 Å². The van der Waals surface area contributed by atoms with Crippen LogP contribution >= 0.6 is 11.3 Å². The predicted molar refractivity (Wildman–Crippen MR) is 124 cm³/mol. The van der Waals surface area contributed by atoms with Gasteiger partial charge in [0, 0.05) is 12.1 Å². The summed E-state index contributed by atoms with van der Waals surface area (Å²) in [5, 5.41) is 3.22. The van der Waals surface area contributed by atoms with Gasteiger partial charge in [-0.3, -0.25) is 9.10 Å². The Morgan fingerprint density at radius 2 is 1.81 bits per heavy atom. The number of anilines is 2. The summed E-state index contributed by atoms with van der Waals surface area (Å²) in [6.07, 6.45) is 1.60. The Kier molecular flexibility index (Phi) is 6.29. The molecular weight excluding hydrogens is 448 g/mol. The zero-order valence-corrected chi connectivity index (χ0v) is 19.0. The quantitative estimate of drug-likeness (QED) is 0.542. The first kappa shape index (κ1) is 22.0. The van der Waals surface area contributed by atoms with Crippen molar-refractivity contribution in [1.29, 1.82) is 0 Å². The number of rotatable bonds is 6. The van der Waals surface area contributed by atoms with Crippen molar-refractivity contribution >= 4 is 43.9 Å². The molecule has 0 spiro atoms. The van der Waals surface area contributed by atoms with Gasteiger partial charge in [0.2, 0.25) is 0 Å². The van der Waals surface area contributed by atoms with E-state index in [0.29, 0.717) is 27.7 Å². The van der Waals surface area contributed by atoms with Crippen LogP contribution in [-0.2, 0) is 21.2 Å². The normalized spacial score (nSPS) is 13.3. The first-order valence-corrected chi connectivity index (χ1v) is 12.4. The summed E-state index contributed by atoms with van der Waals surface area (Å²) in [5.41, 5.74) is 2.03. The maximum atomic E-state index is 13.2. The highest BCUT2D eigenvalue weighted by Gasteiger charge is 2.29. The van der Waals surface area contributed by atoms with Crippen LogP contribution in [0.2, 0.25) is 0 Å². The number of nitrogens with zero attached hydrogens (tertiary/aromatic N) is 1. The van der Waals surface area contributed by atoms with Gasteiger partial charge in [0.05, 0.1) is 22.2 Å². The standard InChI is InChI=1S/C23H22N2O5S2/c1-2-30-23(27)20-13-14-21(31-20)24-22(26)17-9-11-18(12-10-17)32(28,29)25-15-5-7-16-6-3-4-8-19(16)25/h3-4,6,8-14H,2,5,7,15H2,1H3,(H,24,26). The molecule has 0 atom stereocenters. The monoisotopic (exact) mass is 470 g/mol. The number of thiophene rings is 1. The van der Waals surface area contributed by atoms with Crippen molar-refractivity contribution in [2.24, 2.45) is 0 Å². The van der Waals surface area contributed by atoms with Crippen LogP contribution in [0.4, 0.5) is 10.7 Å². The van der Waals surface area contributed by atoms with Crippen LogP contribution in [0.5, 0.6) is 0 Å². The van der Waals surface area contributed by atoms with Crippen molar-refractivity contribution in [2.45, 2.75) is 24.7 Å². The molecule has 3 aromatic rings. The average molecular weight is 471 g/mol. The molecule has 1 aromatic heterocycles. The molecule has 1 N–H and O–H groups in total. The van der Waals surface area contributed by atoms with Crippen LogP contribution in [0.3, 0.4) is 0 Å². The highest BCUT2D eigenvalue weighted by Crippen LogP contribution is 2.32. The fraction of sp³-hybridized carbons (Fsp3) is 0.217. The minimum Gasteiger partial charge on any atom is -0.462 e. The third kappa shape index (κ3) is 4.39. The topological polar surface area (TPSA) is 92.8 Å². The SMILES string of the molecule is CCOC(=O)c1ccc(NC(=O)c2ccc(S(=O)(=O)N3CCCc4ccccc43)cc2)s1. The molecule has 0 saturated carbocycles. The fourth-order valence-corrected chi connectivity index (χ4v) is 5.89. The van der Waals surface area contributed by atoms with Crippen LogP contribution in [0.1, 0.15) is 38.9 Å². The van der Waals surface area contributed by atoms with Gasteiger partial charge in [-0.2, -0.15) is 0 Å². The molecule has 0 bridgehead atoms. The van der Waals surface area contributed by atoms with Crippen molar-refractivity contribution < 1.29 is 22.7 Å². The zero-order chi connectivity index (χ0) is 22.7. The van der Waals surface area contributed by atoms with Gasteiger partial charge in [0.1, 0.15) is 4.88 Å². The van der Waals surface area contributed by atoms with Gasteiger partial charge in [-0.15, -0.1) is 11.3 Å². The molecule has 0 saturated heterocycles. The van der Waals surface area contributed by atoms with E-state index >= 15 is 0 Å². The van der Waals surface area contributed by atoms with Gasteiger partial charge in [0.25, 0.3) is 15.9 Å². The first-order chi connectivity index (χ1) is 15.4. The summed E-state index contributed by atoms with van der Waals surface area (Å²) < 4.78 is 32.8. The minimum absolute atomic E-state index is 0.131. The lowest BCUT2D eigenvalue weighted by Crippen LogP contribution is -2.35. The van der Waals surface area contributed by atoms with Crippen LogP contribution < -0.4 is 9.62 Å². The summed E-state index contributed by atoms with van der Waals surface area (Å²) in [6, 6.07) is 16.6. The lowest BCUT2D eigenvalue weighted by Gasteiger charge is -2.30. The molecule has 9 heteroatoms. The molecule has 0 fully saturated rings. The number of benzene rings is 2. The molecule has 1 aliphatic heterocycles. The molecule has 0 unspecified atom stereocenters. The highest BCUT2D eigenvalue weighted by molar-refractivity contribution is 7.92. The maximum Gasteiger partial charge on any atom is 0.348 e. The Hall–Kier alpha value is -3.17. The van der Waals surface area contributed by atoms with E-state index in [1.165, 1.54) is 28.6 Å². The largest absolute Gasteiger partial charge is 0.462 e. The number of nitrogens with one attached hydrogen (secondary N) is 1. The molecule has 166 valence electrons. The number of amides is 1. The number of aryl methyl sites for hydroxylation is 1. The van der Waals surface area contributed by atoms with Crippen molar-refractivity contribution in [1.82, 2.24) is 0 Å². The van der Waals surface area contributed by atoms with E-state index in [1.54, 1.807) is 19.1 Å². The average Bonchev–Trinajstić information content (AvgIpc) is 3.27. The number of fused-ring (bicyclic) bond motifs is 1. The number of esters is 1. The Bertz CT molecular complexity index is 1250. The van der Waals surface area contributed by atoms with Gasteiger partial charge in [-0.1, -0.05) is 18.2 Å². The smallest absolute Gasteiger partial charge is 0.348 e. The number of para-hydroxylation sites is 1. The molecule has 2 aromatic carbocycles. The highest BCUT2D eigenvalue weighted by atomic mass is 32.2. The third-order valence-electron chi connectivity index (χ3n) is 5.09. The number of carbonyl (C=O) groups excluding carboxylic acids is 2. The fourth-order valence-electron chi connectivity index (χ4n) is 3.56. The van der Waals surface area contributed by atoms with Crippen molar-refractivity contribution in [2.75, 3.05) is 22.8 Å². The first-order valence-electron chi connectivity index (χ1n) is 10.2. The van der Waals surface area contributed by atoms with Crippen molar-refractivity contribution in [3.8, 4) is 0 Å². The second kappa shape index (κ2) is 9.13. The van der Waals surface area contributed by atoms with E-state index in [1.807, 2.05) is 24.3 Å². The van der Waals surface area contributed by atoms with Crippen molar-refractivity contribution in [3.05, 3.63) is 76.7 Å². The van der Waals surface area contributed by atoms with E-state index in [2.05, 4.69) is 5.32 Å². The Morgan fingerprint density at radius 1 is 1.06 bits per heavy atom. The van der Waals surface area contributed by atoms with E-state index < -0.39 is 21.9 Å². The van der Waals surface area contributed by atoms with Gasteiger partial charge in [-0.25, -0.2) is 13.2 Å². The van der Waals surface area contributed by atoms with E-state index in [-0.39, 0.29) is 11.5 Å². The zero-order valence-electron chi connectivity index (χ0n) is 17.4. The Balaban J connectivity index is 1.50. The molecule has 32 heavy (non-hydrogen) atoms. The lowest BCUT2D eigenvalue weighted by molar-refractivity contribution is 0.0532. The predicted octanol–water partition coefficient (Wildman–Crippen LogP) is 4.32. The second-order valence-electron chi connectivity index (χ2n) is 7.17. The molecule has 0 radical (unpaired) electrons. The number of ether oxygens (including phenoxy) is 1. The maximum absolute atomic E-state index is 13.2. The molecule has 7 nitrogen and oxygen atoms in total. The molecule has 0 aliphatic carbocycles. The van der Waals surface area contributed by atoms with E-state index in [4.69, 9.17) is 4.74 Å². The molecule has 4 rings (SSSR count). The molecule has 1 amide bonds. The summed E-state index contributed by atoms with van der Waals surface area (Å²) in [6.45, 7) is 2.42. The molecule has 1 aliphatic rings. The molecular formula is C23H22N2O5S2. The number of hydrogen-bond acceptors (Lipinski definition) is 6. The van der Waals surface area contributed by atoms with Gasteiger partial charge in [0.15, 0.2) is 0 Å². The molecule has 2 heterocycles. The van der Waals surface area contributed by atoms with Gasteiger partial charge >= 0.3 is 5.97 Å². The van der Waals surface area contributed by atoms with Crippen molar-refractivity contribution in [3.63, 3.8) is 0 Å². The van der Waals surface area contributed by atoms with E-state index in [9.17, 15) is 18.0 Å². The summed E-state index contributed by atoms with van der Waals surface area (Å²) >= 11 is 1.11. The number of sulfonamides is 1. The van der Waals surface area contributed by atoms with Gasteiger partial charge < -0.3 is 10.1 Å². The summed E-state index contributed by atoms with van der Waals surface area (Å²) in [5.74, 6) is -0.832. The Morgan fingerprint density at radius 3 is 2.56 bits per heavy atom. The minimum atomic E-state index is -3.74. The summed E-state index contributed by atoms with van der Waals surface area (Å²) in [7, 11) is -3.74.